The van der Waals surface area contributed by atoms with E-state index in [1.165, 1.54) is 6.07 Å². The minimum atomic E-state index is -4.24. The highest BCUT2D eigenvalue weighted by Gasteiger charge is 2.39. The third-order valence-corrected chi connectivity index (χ3v) is 10.7. The molecule has 0 bridgehead atoms. The molecule has 1 amide bonds. The number of carbonyl (C=O) groups is 1. The van der Waals surface area contributed by atoms with Crippen LogP contribution in [0, 0.1) is 10.1 Å². The highest BCUT2D eigenvalue weighted by atomic mass is 32.3. The molecule has 1 aliphatic rings. The highest BCUT2D eigenvalue weighted by molar-refractivity contribution is 8.00. The van der Waals surface area contributed by atoms with Gasteiger partial charge in [0, 0.05) is 17.4 Å². The Morgan fingerprint density at radius 3 is 2.79 bits per heavy atom. The van der Waals surface area contributed by atoms with Crippen LogP contribution in [-0.4, -0.2) is 57.7 Å². The van der Waals surface area contributed by atoms with Gasteiger partial charge in [-0.1, -0.05) is 6.92 Å². The van der Waals surface area contributed by atoms with Crippen LogP contribution < -0.4 is 10.0 Å². The molecule has 11 nitrogen and oxygen atoms in total. The smallest absolute Gasteiger partial charge is 0.294 e. The van der Waals surface area contributed by atoms with Gasteiger partial charge in [-0.05, 0) is 26.0 Å². The lowest BCUT2D eigenvalue weighted by Gasteiger charge is -2.27. The Bertz CT molecular complexity index is 973. The quantitative estimate of drug-likeness (QED) is 0.273. The largest absolute Gasteiger partial charge is 0.313 e. The molecule has 1 aromatic rings. The number of amides is 1. The topological polar surface area (TPSA) is 162 Å². The molecule has 1 unspecified atom stereocenters. The Balaban J connectivity index is 2.12. The standard InChI is InChI=1S/C14H21N3O8S4/c1-3-15-11-6-9(2)28(21,22)14-10(11)7-13(27-14)29(23,24)16-12(18)8-26-5-4-25-17(19)20/h7,9,11,15H,3-6,8H2,1-2H3,(H,16,18)/t9?,11-/m0/s1. The Labute approximate surface area is 176 Å². The molecule has 2 heterocycles. The predicted molar refractivity (Wildman–Crippen MR) is 108 cm³/mol. The minimum Gasteiger partial charge on any atom is -0.313 e. The molecule has 1 aromatic heterocycles. The molecule has 0 radical (unpaired) electrons. The number of carbonyl (C=O) groups excluding carboxylic acids is 1. The molecule has 2 rings (SSSR count). The van der Waals surface area contributed by atoms with Gasteiger partial charge in [-0.2, -0.15) is 0 Å². The second-order valence-electron chi connectivity index (χ2n) is 6.15. The van der Waals surface area contributed by atoms with Crippen molar-refractivity contribution >= 4 is 48.9 Å². The van der Waals surface area contributed by atoms with Crippen LogP contribution in [0.1, 0.15) is 31.9 Å². The monoisotopic (exact) mass is 487 g/mol. The second kappa shape index (κ2) is 9.59. The zero-order chi connectivity index (χ0) is 21.8. The van der Waals surface area contributed by atoms with Crippen molar-refractivity contribution in [2.24, 2.45) is 0 Å². The van der Waals surface area contributed by atoms with E-state index in [2.05, 4.69) is 10.2 Å². The van der Waals surface area contributed by atoms with Crippen LogP contribution in [-0.2, 0) is 29.5 Å². The third kappa shape index (κ3) is 5.81. The number of thiophene rings is 1. The van der Waals surface area contributed by atoms with E-state index in [1.807, 2.05) is 11.6 Å². The van der Waals surface area contributed by atoms with E-state index < -0.39 is 36.1 Å². The van der Waals surface area contributed by atoms with E-state index in [-0.39, 0.29) is 32.6 Å². The van der Waals surface area contributed by atoms with Crippen molar-refractivity contribution < 1.29 is 31.6 Å². The van der Waals surface area contributed by atoms with Gasteiger partial charge in [-0.25, -0.2) is 21.6 Å². The summed E-state index contributed by atoms with van der Waals surface area (Å²) in [5.41, 5.74) is 0.397. The molecule has 15 heteroatoms. The number of rotatable bonds is 10. The molecule has 0 fully saturated rings. The summed E-state index contributed by atoms with van der Waals surface area (Å²) in [5, 5.41) is 11.6. The van der Waals surface area contributed by atoms with E-state index >= 15 is 0 Å². The highest BCUT2D eigenvalue weighted by Crippen LogP contribution is 2.42. The van der Waals surface area contributed by atoms with Crippen molar-refractivity contribution in [2.75, 3.05) is 24.7 Å². The van der Waals surface area contributed by atoms with Gasteiger partial charge in [-0.3, -0.25) is 4.79 Å². The Morgan fingerprint density at radius 2 is 2.17 bits per heavy atom. The Hall–Kier alpha value is -1.42. The SMILES string of the molecule is CCN[C@H]1CC(C)S(=O)(=O)c2sc(S(=O)(=O)NC(=O)CSCCO[N+](=O)[O-])cc21. The number of hydrogen-bond acceptors (Lipinski definition) is 11. The van der Waals surface area contributed by atoms with Gasteiger partial charge < -0.3 is 10.2 Å². The van der Waals surface area contributed by atoms with Crippen molar-refractivity contribution in [2.45, 2.75) is 40.0 Å². The summed E-state index contributed by atoms with van der Waals surface area (Å²) in [6.45, 7) is 3.81. The van der Waals surface area contributed by atoms with Crippen LogP contribution in [0.2, 0.25) is 0 Å². The van der Waals surface area contributed by atoms with Gasteiger partial charge in [0.15, 0.2) is 9.84 Å². The first-order valence-electron chi connectivity index (χ1n) is 8.50. The van der Waals surface area contributed by atoms with Gasteiger partial charge in [0.05, 0.1) is 11.0 Å². The fourth-order valence-corrected chi connectivity index (χ4v) is 8.40. The van der Waals surface area contributed by atoms with E-state index in [9.17, 15) is 31.7 Å². The average Bonchev–Trinajstić information content (AvgIpc) is 3.07. The maximum absolute atomic E-state index is 12.6. The van der Waals surface area contributed by atoms with E-state index in [1.54, 1.807) is 6.92 Å². The molecule has 0 aliphatic carbocycles. The van der Waals surface area contributed by atoms with Gasteiger partial charge in [0.25, 0.3) is 15.1 Å². The lowest BCUT2D eigenvalue weighted by molar-refractivity contribution is -0.756. The zero-order valence-corrected chi connectivity index (χ0v) is 18.9. The number of thioether (sulfide) groups is 1. The van der Waals surface area contributed by atoms with Crippen LogP contribution in [0.3, 0.4) is 0 Å². The summed E-state index contributed by atoms with van der Waals surface area (Å²) in [5.74, 6) is -0.940. The first-order valence-corrected chi connectivity index (χ1v) is 13.5. The molecule has 164 valence electrons. The normalized spacial score (nSPS) is 20.6. The number of sulfone groups is 1. The fraction of sp³-hybridized carbons (Fsp3) is 0.643. The number of nitrogens with one attached hydrogen (secondary N) is 2. The lowest BCUT2D eigenvalue weighted by atomic mass is 10.1. The van der Waals surface area contributed by atoms with Gasteiger partial charge in [0.2, 0.25) is 5.91 Å². The van der Waals surface area contributed by atoms with Crippen LogP contribution in [0.5, 0.6) is 0 Å². The predicted octanol–water partition coefficient (Wildman–Crippen LogP) is 0.711. The lowest BCUT2D eigenvalue weighted by Crippen LogP contribution is -2.33. The first-order chi connectivity index (χ1) is 13.5. The number of hydrogen-bond donors (Lipinski definition) is 2. The molecular formula is C14H21N3O8S4. The summed E-state index contributed by atoms with van der Waals surface area (Å²) in [6.07, 6.45) is 0.328. The van der Waals surface area contributed by atoms with E-state index in [0.29, 0.717) is 29.9 Å². The molecule has 0 saturated heterocycles. The summed E-state index contributed by atoms with van der Waals surface area (Å²) >= 11 is 1.59. The molecule has 29 heavy (non-hydrogen) atoms. The van der Waals surface area contributed by atoms with Crippen molar-refractivity contribution in [3.8, 4) is 0 Å². The molecule has 0 aromatic carbocycles. The molecule has 2 N–H and O–H groups in total. The van der Waals surface area contributed by atoms with Crippen LogP contribution >= 0.6 is 23.1 Å². The van der Waals surface area contributed by atoms with Crippen LogP contribution in [0.25, 0.3) is 0 Å². The summed E-state index contributed by atoms with van der Waals surface area (Å²) in [6, 6.07) is 1.01. The third-order valence-electron chi connectivity index (χ3n) is 4.05. The zero-order valence-electron chi connectivity index (χ0n) is 15.6. The second-order valence-corrected chi connectivity index (χ2v) is 12.8. The molecule has 0 saturated carbocycles. The van der Waals surface area contributed by atoms with Crippen LogP contribution in [0.15, 0.2) is 14.5 Å². The van der Waals surface area contributed by atoms with Gasteiger partial charge in [-0.15, -0.1) is 33.2 Å². The summed E-state index contributed by atoms with van der Waals surface area (Å²) < 4.78 is 51.9. The van der Waals surface area contributed by atoms with E-state index in [0.717, 1.165) is 11.8 Å². The number of fused-ring (bicyclic) bond motifs is 1. The Morgan fingerprint density at radius 1 is 1.48 bits per heavy atom. The fourth-order valence-electron chi connectivity index (χ4n) is 2.74. The van der Waals surface area contributed by atoms with Crippen molar-refractivity contribution in [1.29, 1.82) is 0 Å². The number of sulfonamides is 1. The summed E-state index contributed by atoms with van der Waals surface area (Å²) in [4.78, 5) is 26.0. The molecule has 0 spiro atoms. The first kappa shape index (κ1) is 23.9. The summed E-state index contributed by atoms with van der Waals surface area (Å²) in [7, 11) is -7.88. The molecular weight excluding hydrogens is 466 g/mol. The van der Waals surface area contributed by atoms with Gasteiger partial charge >= 0.3 is 0 Å². The maximum atomic E-state index is 12.6. The van der Waals surface area contributed by atoms with Crippen LogP contribution in [0.4, 0.5) is 0 Å². The van der Waals surface area contributed by atoms with Crippen molar-refractivity contribution in [3.05, 3.63) is 21.7 Å². The van der Waals surface area contributed by atoms with E-state index in [4.69, 9.17) is 0 Å². The number of nitrogens with zero attached hydrogens (tertiary/aromatic N) is 1. The maximum Gasteiger partial charge on any atom is 0.294 e. The van der Waals surface area contributed by atoms with Gasteiger partial charge in [0.1, 0.15) is 15.0 Å². The molecule has 2 atom stereocenters. The molecule has 1 aliphatic heterocycles. The van der Waals surface area contributed by atoms with Crippen molar-refractivity contribution in [1.82, 2.24) is 10.0 Å². The Kier molecular flexibility index (Phi) is 7.89. The van der Waals surface area contributed by atoms with Crippen molar-refractivity contribution in [3.63, 3.8) is 0 Å². The minimum absolute atomic E-state index is 0.00123. The average molecular weight is 488 g/mol.